The summed E-state index contributed by atoms with van der Waals surface area (Å²) in [5.74, 6) is -2.72. The number of carbonyl (C=O) groups is 1. The van der Waals surface area contributed by atoms with Gasteiger partial charge >= 0.3 is 0 Å². The summed E-state index contributed by atoms with van der Waals surface area (Å²) in [5.41, 5.74) is -2.24. The van der Waals surface area contributed by atoms with Gasteiger partial charge in [-0.2, -0.15) is 21.0 Å². The number of nitrogens with zero attached hydrogens (tertiary/aromatic N) is 4. The van der Waals surface area contributed by atoms with E-state index in [9.17, 15) is 25.8 Å². The Morgan fingerprint density at radius 1 is 0.833 bits per heavy atom. The number of nitriles is 4. The molecule has 24 heavy (non-hydrogen) atoms. The van der Waals surface area contributed by atoms with Gasteiger partial charge in [-0.05, 0) is 11.1 Å². The summed E-state index contributed by atoms with van der Waals surface area (Å²) in [5, 5.41) is 39.4. The Morgan fingerprint density at radius 2 is 1.42 bits per heavy atom. The van der Waals surface area contributed by atoms with E-state index in [1.54, 1.807) is 24.3 Å². The standard InChI is InChI=1S/C19H10N4O/c20-7-18(8-21)14-6-5-13-11-3-1-2-4-12(11)16(15(14)17(13)24)19(18,9-22)10-23/h1-6,13-16H/t13-,14-,15-,16+/m0/s1. The third-order valence-electron chi connectivity index (χ3n) is 5.85. The Kier molecular flexibility index (Phi) is 2.56. The smallest absolute Gasteiger partial charge is 0.183 e. The molecule has 3 aliphatic carbocycles. The summed E-state index contributed by atoms with van der Waals surface area (Å²) in [6.45, 7) is 0. The minimum atomic E-state index is -1.88. The molecule has 0 amide bonds. The molecule has 1 aromatic rings. The fourth-order valence-electron chi connectivity index (χ4n) is 4.84. The summed E-state index contributed by atoms with van der Waals surface area (Å²) >= 11 is 0. The van der Waals surface area contributed by atoms with Gasteiger partial charge in [-0.3, -0.25) is 4.79 Å². The van der Waals surface area contributed by atoms with Gasteiger partial charge in [-0.15, -0.1) is 0 Å². The zero-order valence-electron chi connectivity index (χ0n) is 12.5. The van der Waals surface area contributed by atoms with Gasteiger partial charge in [0.05, 0.1) is 30.2 Å². The predicted molar refractivity (Wildman–Crippen MR) is 80.4 cm³/mol. The van der Waals surface area contributed by atoms with Crippen LogP contribution in [0.2, 0.25) is 0 Å². The van der Waals surface area contributed by atoms with Crippen LogP contribution in [0.1, 0.15) is 23.0 Å². The maximum Gasteiger partial charge on any atom is 0.183 e. The monoisotopic (exact) mass is 310 g/mol. The lowest BCUT2D eigenvalue weighted by Crippen LogP contribution is -2.39. The van der Waals surface area contributed by atoms with Gasteiger partial charge in [0.1, 0.15) is 5.78 Å². The molecule has 0 N–H and O–H groups in total. The van der Waals surface area contributed by atoms with Crippen LogP contribution < -0.4 is 0 Å². The van der Waals surface area contributed by atoms with Crippen LogP contribution in [0.3, 0.4) is 0 Å². The van der Waals surface area contributed by atoms with Crippen LogP contribution in [-0.4, -0.2) is 5.78 Å². The molecule has 1 saturated carbocycles. The molecule has 4 atom stereocenters. The summed E-state index contributed by atoms with van der Waals surface area (Å²) in [6.07, 6.45) is 3.41. The highest BCUT2D eigenvalue weighted by molar-refractivity contribution is 5.96. The SMILES string of the molecule is N#CC1(C#N)[C@@H]2c3ccccc3[C@@H]3C=C[C@@H]([C@@H]2C3=O)C1(C#N)C#N. The van der Waals surface area contributed by atoms with Crippen LogP contribution in [0, 0.1) is 68.0 Å². The lowest BCUT2D eigenvalue weighted by atomic mass is 9.60. The van der Waals surface area contributed by atoms with Crippen molar-refractivity contribution >= 4 is 5.78 Å². The summed E-state index contributed by atoms with van der Waals surface area (Å²) < 4.78 is 0. The molecule has 112 valence electrons. The van der Waals surface area contributed by atoms with E-state index in [0.29, 0.717) is 0 Å². The van der Waals surface area contributed by atoms with E-state index in [-0.39, 0.29) is 5.78 Å². The van der Waals surface area contributed by atoms with E-state index in [4.69, 9.17) is 0 Å². The summed E-state index contributed by atoms with van der Waals surface area (Å²) in [7, 11) is 0. The molecule has 0 radical (unpaired) electrons. The molecule has 0 aliphatic heterocycles. The number of allylic oxidation sites excluding steroid dienone is 2. The average molecular weight is 310 g/mol. The molecule has 4 rings (SSSR count). The number of hydrogen-bond donors (Lipinski definition) is 0. The van der Waals surface area contributed by atoms with E-state index in [1.165, 1.54) is 0 Å². The second kappa shape index (κ2) is 4.32. The fraction of sp³-hybridized carbons (Fsp3) is 0.316. The Morgan fingerprint density at radius 3 is 2.00 bits per heavy atom. The van der Waals surface area contributed by atoms with Crippen molar-refractivity contribution in [3.8, 4) is 24.3 Å². The highest BCUT2D eigenvalue weighted by atomic mass is 16.1. The van der Waals surface area contributed by atoms with Crippen LogP contribution in [0.4, 0.5) is 0 Å². The minimum Gasteiger partial charge on any atom is -0.298 e. The highest BCUT2D eigenvalue weighted by Crippen LogP contribution is 2.69. The highest BCUT2D eigenvalue weighted by Gasteiger charge is 2.75. The Bertz CT molecular complexity index is 950. The topological polar surface area (TPSA) is 112 Å². The molecule has 1 aromatic carbocycles. The van der Waals surface area contributed by atoms with Gasteiger partial charge in [-0.1, -0.05) is 36.4 Å². The van der Waals surface area contributed by atoms with Crippen molar-refractivity contribution in [2.75, 3.05) is 0 Å². The molecule has 2 bridgehead atoms. The van der Waals surface area contributed by atoms with Crippen molar-refractivity contribution in [3.63, 3.8) is 0 Å². The molecule has 0 spiro atoms. The van der Waals surface area contributed by atoms with Crippen LogP contribution in [0.5, 0.6) is 0 Å². The quantitative estimate of drug-likeness (QED) is 0.682. The van der Waals surface area contributed by atoms with Gasteiger partial charge in [0.25, 0.3) is 0 Å². The van der Waals surface area contributed by atoms with Crippen molar-refractivity contribution in [2.24, 2.45) is 22.7 Å². The number of rotatable bonds is 0. The first-order valence-electron chi connectivity index (χ1n) is 7.57. The zero-order valence-corrected chi connectivity index (χ0v) is 12.5. The Balaban J connectivity index is 2.18. The number of fused-ring (bicyclic) bond motifs is 4. The van der Waals surface area contributed by atoms with E-state index in [1.807, 2.05) is 36.4 Å². The molecule has 5 heteroatoms. The van der Waals surface area contributed by atoms with Gasteiger partial charge in [0.2, 0.25) is 0 Å². The van der Waals surface area contributed by atoms with E-state index >= 15 is 0 Å². The molecule has 5 nitrogen and oxygen atoms in total. The van der Waals surface area contributed by atoms with Crippen LogP contribution in [-0.2, 0) is 4.79 Å². The average Bonchev–Trinajstić information content (AvgIpc) is 2.90. The number of Topliss-reactive ketones (excluding diaryl/α,β-unsaturated/α-hetero) is 1. The molecule has 0 saturated heterocycles. The largest absolute Gasteiger partial charge is 0.298 e. The van der Waals surface area contributed by atoms with Crippen molar-refractivity contribution in [2.45, 2.75) is 11.8 Å². The molecule has 0 aromatic heterocycles. The van der Waals surface area contributed by atoms with E-state index in [0.717, 1.165) is 11.1 Å². The lowest BCUT2D eigenvalue weighted by Gasteiger charge is -2.37. The van der Waals surface area contributed by atoms with E-state index < -0.39 is 34.5 Å². The lowest BCUT2D eigenvalue weighted by molar-refractivity contribution is -0.125. The predicted octanol–water partition coefficient (Wildman–Crippen LogP) is 2.32. The van der Waals surface area contributed by atoms with Gasteiger partial charge < -0.3 is 0 Å². The summed E-state index contributed by atoms with van der Waals surface area (Å²) in [4.78, 5) is 13.0. The second-order valence-corrected chi connectivity index (χ2v) is 6.49. The molecule has 3 aliphatic rings. The number of hydrogen-bond acceptors (Lipinski definition) is 5. The summed E-state index contributed by atoms with van der Waals surface area (Å²) in [6, 6.07) is 15.1. The third-order valence-corrected chi connectivity index (χ3v) is 5.85. The normalized spacial score (nSPS) is 32.6. The third kappa shape index (κ3) is 1.19. The molecular weight excluding hydrogens is 300 g/mol. The van der Waals surface area contributed by atoms with Crippen LogP contribution in [0.15, 0.2) is 36.4 Å². The molecular formula is C19H10N4O. The van der Waals surface area contributed by atoms with Crippen LogP contribution in [0.25, 0.3) is 0 Å². The first kappa shape index (κ1) is 14.2. The van der Waals surface area contributed by atoms with Crippen LogP contribution >= 0.6 is 0 Å². The number of carbonyl (C=O) groups excluding carboxylic acids is 1. The van der Waals surface area contributed by atoms with Gasteiger partial charge in [-0.25, -0.2) is 0 Å². The molecule has 0 unspecified atom stereocenters. The molecule has 0 heterocycles. The first-order valence-corrected chi connectivity index (χ1v) is 7.57. The zero-order chi connectivity index (χ0) is 17.1. The van der Waals surface area contributed by atoms with E-state index in [2.05, 4.69) is 0 Å². The molecule has 1 fully saturated rings. The van der Waals surface area contributed by atoms with Crippen molar-refractivity contribution in [1.29, 1.82) is 21.0 Å². The van der Waals surface area contributed by atoms with Gasteiger partial charge in [0, 0.05) is 17.8 Å². The van der Waals surface area contributed by atoms with Gasteiger partial charge in [0.15, 0.2) is 10.8 Å². The number of benzene rings is 1. The first-order chi connectivity index (χ1) is 11.6. The Hall–Kier alpha value is -3.41. The van der Waals surface area contributed by atoms with Crippen molar-refractivity contribution < 1.29 is 4.79 Å². The maximum absolute atomic E-state index is 13.0. The maximum atomic E-state index is 13.0. The minimum absolute atomic E-state index is 0.103. The van der Waals surface area contributed by atoms with Crippen molar-refractivity contribution in [1.82, 2.24) is 0 Å². The van der Waals surface area contributed by atoms with Crippen molar-refractivity contribution in [3.05, 3.63) is 47.5 Å². The fourth-order valence-corrected chi connectivity index (χ4v) is 4.84. The Labute approximate surface area is 138 Å². The number of ketones is 1. The second-order valence-electron chi connectivity index (χ2n) is 6.49.